The van der Waals surface area contributed by atoms with Gasteiger partial charge in [-0.1, -0.05) is 0 Å². The van der Waals surface area contributed by atoms with Crippen LogP contribution in [0.5, 0.6) is 0 Å². The van der Waals surface area contributed by atoms with Gasteiger partial charge in [-0.3, -0.25) is 0 Å². The van der Waals surface area contributed by atoms with Crippen LogP contribution < -0.4 is 4.83 Å². The van der Waals surface area contributed by atoms with Gasteiger partial charge in [0.1, 0.15) is 10.6 Å². The topological polar surface area (TPSA) is 91.6 Å². The van der Waals surface area contributed by atoms with Gasteiger partial charge in [-0.05, 0) is 13.0 Å². The van der Waals surface area contributed by atoms with Gasteiger partial charge in [0.25, 0.3) is 10.0 Å². The first-order valence-corrected chi connectivity index (χ1v) is 6.39. The molecule has 7 nitrogen and oxygen atoms in total. The lowest BCUT2D eigenvalue weighted by Crippen LogP contribution is -2.35. The lowest BCUT2D eigenvalue weighted by Gasteiger charge is -2.10. The van der Waals surface area contributed by atoms with Crippen molar-refractivity contribution in [3.05, 3.63) is 18.0 Å². The molecule has 0 saturated heterocycles. The van der Waals surface area contributed by atoms with Crippen LogP contribution in [-0.2, 0) is 16.6 Å². The summed E-state index contributed by atoms with van der Waals surface area (Å²) in [6, 6.07) is 1.14. The SMILES string of the molecule is CCn1cc(S(=O)(=O)NN(C)C)cc1C(=O)O. The van der Waals surface area contributed by atoms with Gasteiger partial charge in [0.2, 0.25) is 0 Å². The van der Waals surface area contributed by atoms with Gasteiger partial charge < -0.3 is 9.67 Å². The van der Waals surface area contributed by atoms with E-state index in [2.05, 4.69) is 4.83 Å². The second-order valence-corrected chi connectivity index (χ2v) is 5.30. The highest BCUT2D eigenvalue weighted by Crippen LogP contribution is 2.14. The van der Waals surface area contributed by atoms with Crippen molar-refractivity contribution in [2.75, 3.05) is 14.1 Å². The zero-order valence-electron chi connectivity index (χ0n) is 9.84. The predicted octanol–water partition coefficient (Wildman–Crippen LogP) is -0.0389. The Morgan fingerprint density at radius 2 is 2.12 bits per heavy atom. The molecule has 0 bridgehead atoms. The van der Waals surface area contributed by atoms with Gasteiger partial charge in [0.05, 0.1) is 0 Å². The number of aromatic carboxylic acids is 1. The average molecular weight is 261 g/mol. The number of hydrogen-bond acceptors (Lipinski definition) is 4. The Balaban J connectivity index is 3.21. The van der Waals surface area contributed by atoms with Crippen LogP contribution in [0.2, 0.25) is 0 Å². The fourth-order valence-electron chi connectivity index (χ4n) is 1.36. The molecule has 17 heavy (non-hydrogen) atoms. The van der Waals surface area contributed by atoms with Crippen molar-refractivity contribution in [3.63, 3.8) is 0 Å². The number of aromatic nitrogens is 1. The van der Waals surface area contributed by atoms with Gasteiger partial charge in [-0.25, -0.2) is 18.2 Å². The van der Waals surface area contributed by atoms with Crippen molar-refractivity contribution >= 4 is 16.0 Å². The number of hydrogen-bond donors (Lipinski definition) is 2. The fourth-order valence-corrected chi connectivity index (χ4v) is 2.48. The van der Waals surface area contributed by atoms with Crippen LogP contribution in [0.15, 0.2) is 17.2 Å². The zero-order chi connectivity index (χ0) is 13.2. The molecule has 2 N–H and O–H groups in total. The minimum atomic E-state index is -3.71. The maximum atomic E-state index is 11.8. The maximum absolute atomic E-state index is 11.8. The quantitative estimate of drug-likeness (QED) is 0.726. The number of hydrazine groups is 1. The summed E-state index contributed by atoms with van der Waals surface area (Å²) in [4.78, 5) is 13.1. The highest BCUT2D eigenvalue weighted by Gasteiger charge is 2.21. The number of rotatable bonds is 5. The first-order valence-electron chi connectivity index (χ1n) is 4.91. The third kappa shape index (κ3) is 3.05. The molecule has 0 aromatic carbocycles. The molecule has 0 amide bonds. The molecule has 0 unspecified atom stereocenters. The van der Waals surface area contributed by atoms with E-state index < -0.39 is 16.0 Å². The summed E-state index contributed by atoms with van der Waals surface area (Å²) in [5, 5.41) is 10.2. The van der Waals surface area contributed by atoms with Crippen LogP contribution in [0.3, 0.4) is 0 Å². The number of carboxylic acid groups (broad SMARTS) is 1. The lowest BCUT2D eigenvalue weighted by atomic mass is 10.4. The van der Waals surface area contributed by atoms with E-state index in [1.54, 1.807) is 6.92 Å². The number of carbonyl (C=O) groups is 1. The molecule has 1 aromatic rings. The Kier molecular flexibility index (Phi) is 3.91. The number of nitrogens with zero attached hydrogens (tertiary/aromatic N) is 2. The maximum Gasteiger partial charge on any atom is 0.352 e. The first kappa shape index (κ1) is 13.7. The lowest BCUT2D eigenvalue weighted by molar-refractivity contribution is 0.0685. The molecule has 0 aliphatic rings. The monoisotopic (exact) mass is 261 g/mol. The second-order valence-electron chi connectivity index (χ2n) is 3.64. The molecular weight excluding hydrogens is 246 g/mol. The summed E-state index contributed by atoms with van der Waals surface area (Å²) >= 11 is 0. The van der Waals surface area contributed by atoms with Crippen molar-refractivity contribution in [2.24, 2.45) is 0 Å². The smallest absolute Gasteiger partial charge is 0.352 e. The molecule has 0 fully saturated rings. The largest absolute Gasteiger partial charge is 0.477 e. The molecule has 0 spiro atoms. The van der Waals surface area contributed by atoms with Crippen molar-refractivity contribution in [3.8, 4) is 0 Å². The highest BCUT2D eigenvalue weighted by atomic mass is 32.2. The standard InChI is InChI=1S/C9H15N3O4S/c1-4-12-6-7(5-8(12)9(13)14)17(15,16)10-11(2)3/h5-6,10H,4H2,1-3H3,(H,13,14). The van der Waals surface area contributed by atoms with Crippen molar-refractivity contribution in [2.45, 2.75) is 18.4 Å². The summed E-state index contributed by atoms with van der Waals surface area (Å²) in [6.45, 7) is 2.13. The van der Waals surface area contributed by atoms with E-state index in [0.29, 0.717) is 6.54 Å². The number of sulfonamides is 1. The van der Waals surface area contributed by atoms with E-state index in [4.69, 9.17) is 5.11 Å². The van der Waals surface area contributed by atoms with Crippen molar-refractivity contribution < 1.29 is 18.3 Å². The Hall–Kier alpha value is -1.38. The second kappa shape index (κ2) is 4.86. The summed E-state index contributed by atoms with van der Waals surface area (Å²) in [7, 11) is -0.645. The van der Waals surface area contributed by atoms with Gasteiger partial charge in [0, 0.05) is 26.8 Å². The third-order valence-corrected chi connectivity index (χ3v) is 3.49. The van der Waals surface area contributed by atoms with Crippen LogP contribution in [0.1, 0.15) is 17.4 Å². The molecule has 8 heteroatoms. The Labute approximate surface area is 99.7 Å². The first-order chi connectivity index (χ1) is 7.77. The van der Waals surface area contributed by atoms with Gasteiger partial charge in [-0.15, -0.1) is 4.83 Å². The highest BCUT2D eigenvalue weighted by molar-refractivity contribution is 7.89. The normalized spacial score (nSPS) is 12.0. The number of carboxylic acids is 1. The predicted molar refractivity (Wildman–Crippen MR) is 61.1 cm³/mol. The van der Waals surface area contributed by atoms with Crippen LogP contribution in [0, 0.1) is 0 Å². The Bertz CT molecular complexity index is 518. The summed E-state index contributed by atoms with van der Waals surface area (Å²) in [6.07, 6.45) is 1.30. The van der Waals surface area contributed by atoms with Gasteiger partial charge in [0.15, 0.2) is 0 Å². The van der Waals surface area contributed by atoms with Crippen molar-refractivity contribution in [1.29, 1.82) is 0 Å². The molecule has 0 saturated carbocycles. The van der Waals surface area contributed by atoms with E-state index in [1.165, 1.54) is 29.9 Å². The minimum Gasteiger partial charge on any atom is -0.477 e. The fraction of sp³-hybridized carbons (Fsp3) is 0.444. The number of nitrogens with one attached hydrogen (secondary N) is 1. The third-order valence-electron chi connectivity index (χ3n) is 2.04. The van der Waals surface area contributed by atoms with Crippen molar-refractivity contribution in [1.82, 2.24) is 14.4 Å². The van der Waals surface area contributed by atoms with E-state index in [9.17, 15) is 13.2 Å². The molecule has 0 aliphatic carbocycles. The molecule has 96 valence electrons. The summed E-state index contributed by atoms with van der Waals surface area (Å²) in [5.74, 6) is -1.15. The average Bonchev–Trinajstić information content (AvgIpc) is 2.59. The van der Waals surface area contributed by atoms with E-state index in [1.807, 2.05) is 0 Å². The van der Waals surface area contributed by atoms with E-state index in [-0.39, 0.29) is 10.6 Å². The Morgan fingerprint density at radius 3 is 2.47 bits per heavy atom. The zero-order valence-corrected chi connectivity index (χ0v) is 10.7. The number of aryl methyl sites for hydroxylation is 1. The molecular formula is C9H15N3O4S. The van der Waals surface area contributed by atoms with E-state index >= 15 is 0 Å². The summed E-state index contributed by atoms with van der Waals surface area (Å²) in [5.41, 5.74) is -0.0494. The van der Waals surface area contributed by atoms with E-state index in [0.717, 1.165) is 6.07 Å². The minimum absolute atomic E-state index is 0.0494. The molecule has 0 radical (unpaired) electrons. The molecule has 1 aromatic heterocycles. The van der Waals surface area contributed by atoms with Crippen LogP contribution >= 0.6 is 0 Å². The van der Waals surface area contributed by atoms with Crippen LogP contribution in [-0.4, -0.2) is 43.2 Å². The van der Waals surface area contributed by atoms with Gasteiger partial charge in [-0.2, -0.15) is 0 Å². The van der Waals surface area contributed by atoms with Crippen LogP contribution in [0.25, 0.3) is 0 Å². The van der Waals surface area contributed by atoms with Gasteiger partial charge >= 0.3 is 5.97 Å². The molecule has 0 aliphatic heterocycles. The molecule has 0 atom stereocenters. The summed E-state index contributed by atoms with van der Waals surface area (Å²) < 4.78 is 24.9. The molecule has 1 heterocycles. The Morgan fingerprint density at radius 1 is 1.53 bits per heavy atom. The molecule has 1 rings (SSSR count). The van der Waals surface area contributed by atoms with Crippen LogP contribution in [0.4, 0.5) is 0 Å².